The van der Waals surface area contributed by atoms with Gasteiger partial charge in [-0.15, -0.1) is 11.3 Å². The van der Waals surface area contributed by atoms with Crippen LogP contribution in [-0.2, 0) is 13.0 Å². The molecule has 0 bridgehead atoms. The predicted octanol–water partition coefficient (Wildman–Crippen LogP) is 2.21. The molecule has 20 heavy (non-hydrogen) atoms. The Labute approximate surface area is 122 Å². The van der Waals surface area contributed by atoms with Crippen molar-refractivity contribution in [3.63, 3.8) is 0 Å². The van der Waals surface area contributed by atoms with Crippen LogP contribution in [0, 0.1) is 0 Å². The molecule has 3 rings (SSSR count). The van der Waals surface area contributed by atoms with E-state index < -0.39 is 0 Å². The Kier molecular flexibility index (Phi) is 3.82. The van der Waals surface area contributed by atoms with Crippen molar-refractivity contribution in [2.45, 2.75) is 38.8 Å². The van der Waals surface area contributed by atoms with Gasteiger partial charge in [-0.3, -0.25) is 9.48 Å². The Morgan fingerprint density at radius 3 is 3.15 bits per heavy atom. The SMILES string of the molecule is CCc1ncc(C(=O)N2CCC[C@@H]2Cn2cccn2)s1. The lowest BCUT2D eigenvalue weighted by Gasteiger charge is -2.24. The number of hydrogen-bond acceptors (Lipinski definition) is 4. The van der Waals surface area contributed by atoms with E-state index in [9.17, 15) is 4.79 Å². The van der Waals surface area contributed by atoms with Crippen molar-refractivity contribution < 1.29 is 4.79 Å². The molecule has 2 aromatic heterocycles. The molecule has 1 aliphatic rings. The highest BCUT2D eigenvalue weighted by Gasteiger charge is 2.30. The molecular formula is C14H18N4OS. The minimum Gasteiger partial charge on any atom is -0.333 e. The Hall–Kier alpha value is -1.69. The quantitative estimate of drug-likeness (QED) is 0.867. The lowest BCUT2D eigenvalue weighted by atomic mass is 10.2. The molecule has 0 unspecified atom stereocenters. The predicted molar refractivity (Wildman–Crippen MR) is 77.8 cm³/mol. The summed E-state index contributed by atoms with van der Waals surface area (Å²) >= 11 is 1.51. The summed E-state index contributed by atoms with van der Waals surface area (Å²) in [6.45, 7) is 3.67. The first-order valence-electron chi connectivity index (χ1n) is 7.01. The minimum atomic E-state index is 0.122. The van der Waals surface area contributed by atoms with E-state index in [4.69, 9.17) is 0 Å². The molecule has 0 radical (unpaired) electrons. The van der Waals surface area contributed by atoms with Gasteiger partial charge in [0.25, 0.3) is 5.91 Å². The molecule has 106 valence electrons. The molecular weight excluding hydrogens is 272 g/mol. The molecule has 0 N–H and O–H groups in total. The maximum atomic E-state index is 12.6. The zero-order valence-electron chi connectivity index (χ0n) is 11.5. The van der Waals surface area contributed by atoms with Gasteiger partial charge < -0.3 is 4.90 Å². The third-order valence-electron chi connectivity index (χ3n) is 3.66. The average molecular weight is 290 g/mol. The van der Waals surface area contributed by atoms with E-state index in [0.29, 0.717) is 0 Å². The topological polar surface area (TPSA) is 51.0 Å². The van der Waals surface area contributed by atoms with Crippen LogP contribution < -0.4 is 0 Å². The first-order valence-corrected chi connectivity index (χ1v) is 7.82. The fourth-order valence-corrected chi connectivity index (χ4v) is 3.44. The lowest BCUT2D eigenvalue weighted by Crippen LogP contribution is -2.37. The third kappa shape index (κ3) is 2.60. The van der Waals surface area contributed by atoms with Crippen molar-refractivity contribution in [1.29, 1.82) is 0 Å². The van der Waals surface area contributed by atoms with Gasteiger partial charge in [0.2, 0.25) is 0 Å². The van der Waals surface area contributed by atoms with Gasteiger partial charge in [-0.2, -0.15) is 5.10 Å². The number of carbonyl (C=O) groups is 1. The zero-order chi connectivity index (χ0) is 13.9. The second kappa shape index (κ2) is 5.75. The average Bonchev–Trinajstić information content (AvgIpc) is 3.20. The molecule has 1 aliphatic heterocycles. The molecule has 0 aromatic carbocycles. The highest BCUT2D eigenvalue weighted by Crippen LogP contribution is 2.24. The second-order valence-electron chi connectivity index (χ2n) is 4.99. The Bertz CT molecular complexity index is 578. The van der Waals surface area contributed by atoms with E-state index in [2.05, 4.69) is 17.0 Å². The molecule has 1 atom stereocenters. The van der Waals surface area contributed by atoms with Gasteiger partial charge >= 0.3 is 0 Å². The fraction of sp³-hybridized carbons (Fsp3) is 0.500. The Balaban J connectivity index is 1.72. The largest absolute Gasteiger partial charge is 0.333 e. The van der Waals surface area contributed by atoms with Crippen LogP contribution in [0.1, 0.15) is 34.4 Å². The van der Waals surface area contributed by atoms with Crippen molar-refractivity contribution in [2.24, 2.45) is 0 Å². The number of thiazole rings is 1. The molecule has 0 aliphatic carbocycles. The Morgan fingerprint density at radius 2 is 2.45 bits per heavy atom. The van der Waals surface area contributed by atoms with E-state index in [1.54, 1.807) is 12.4 Å². The second-order valence-corrected chi connectivity index (χ2v) is 6.11. The molecule has 3 heterocycles. The highest BCUT2D eigenvalue weighted by atomic mass is 32.1. The molecule has 1 saturated heterocycles. The van der Waals surface area contributed by atoms with Gasteiger partial charge in [-0.1, -0.05) is 6.92 Å². The third-order valence-corrected chi connectivity index (χ3v) is 4.79. The van der Waals surface area contributed by atoms with E-state index in [1.165, 1.54) is 11.3 Å². The summed E-state index contributed by atoms with van der Waals surface area (Å²) in [5, 5.41) is 5.26. The smallest absolute Gasteiger partial charge is 0.265 e. The van der Waals surface area contributed by atoms with Crippen LogP contribution in [0.3, 0.4) is 0 Å². The number of amides is 1. The van der Waals surface area contributed by atoms with Gasteiger partial charge in [0.1, 0.15) is 4.88 Å². The molecule has 0 spiro atoms. The summed E-state index contributed by atoms with van der Waals surface area (Å²) in [7, 11) is 0. The van der Waals surface area contributed by atoms with E-state index >= 15 is 0 Å². The molecule has 5 nitrogen and oxygen atoms in total. The fourth-order valence-electron chi connectivity index (χ4n) is 2.63. The molecule has 6 heteroatoms. The highest BCUT2D eigenvalue weighted by molar-refractivity contribution is 7.13. The molecule has 2 aromatic rings. The maximum absolute atomic E-state index is 12.6. The summed E-state index contributed by atoms with van der Waals surface area (Å²) < 4.78 is 1.90. The van der Waals surface area contributed by atoms with Crippen LogP contribution in [0.15, 0.2) is 24.7 Å². The number of hydrogen-bond donors (Lipinski definition) is 0. The number of carbonyl (C=O) groups excluding carboxylic acids is 1. The molecule has 1 amide bonds. The van der Waals surface area contributed by atoms with Crippen molar-refractivity contribution in [3.05, 3.63) is 34.5 Å². The van der Waals surface area contributed by atoms with Gasteiger partial charge in [0.15, 0.2) is 0 Å². The monoisotopic (exact) mass is 290 g/mol. The summed E-state index contributed by atoms with van der Waals surface area (Å²) in [5.41, 5.74) is 0. The first-order chi connectivity index (χ1) is 9.78. The lowest BCUT2D eigenvalue weighted by molar-refractivity contribution is 0.0726. The van der Waals surface area contributed by atoms with Gasteiger partial charge in [-0.25, -0.2) is 4.98 Å². The van der Waals surface area contributed by atoms with Crippen molar-refractivity contribution in [2.75, 3.05) is 6.54 Å². The van der Waals surface area contributed by atoms with Crippen LogP contribution in [0.25, 0.3) is 0 Å². The zero-order valence-corrected chi connectivity index (χ0v) is 12.3. The molecule has 0 saturated carbocycles. The van der Waals surface area contributed by atoms with E-state index in [0.717, 1.165) is 42.2 Å². The number of aryl methyl sites for hydroxylation is 1. The van der Waals surface area contributed by atoms with Gasteiger partial charge in [0.05, 0.1) is 23.8 Å². The maximum Gasteiger partial charge on any atom is 0.265 e. The normalized spacial score (nSPS) is 18.6. The molecule has 1 fully saturated rings. The standard InChI is InChI=1S/C14H18N4OS/c1-2-13-15-9-12(20-13)14(19)18-8-3-5-11(18)10-17-7-4-6-16-17/h4,6-7,9,11H,2-3,5,8,10H2,1H3/t11-/m1/s1. The number of likely N-dealkylation sites (tertiary alicyclic amines) is 1. The van der Waals surface area contributed by atoms with E-state index in [1.807, 2.05) is 21.8 Å². The van der Waals surface area contributed by atoms with Crippen LogP contribution in [0.4, 0.5) is 0 Å². The van der Waals surface area contributed by atoms with Crippen LogP contribution >= 0.6 is 11.3 Å². The van der Waals surface area contributed by atoms with Crippen LogP contribution in [0.2, 0.25) is 0 Å². The van der Waals surface area contributed by atoms with Gasteiger partial charge in [-0.05, 0) is 25.3 Å². The van der Waals surface area contributed by atoms with Crippen molar-refractivity contribution >= 4 is 17.2 Å². The van der Waals surface area contributed by atoms with E-state index in [-0.39, 0.29) is 11.9 Å². The van der Waals surface area contributed by atoms with Crippen molar-refractivity contribution in [3.8, 4) is 0 Å². The number of aromatic nitrogens is 3. The first kappa shape index (κ1) is 13.3. The van der Waals surface area contributed by atoms with Gasteiger partial charge in [0, 0.05) is 18.9 Å². The Morgan fingerprint density at radius 1 is 1.55 bits per heavy atom. The number of rotatable bonds is 4. The van der Waals surface area contributed by atoms with Crippen LogP contribution in [0.5, 0.6) is 0 Å². The summed E-state index contributed by atoms with van der Waals surface area (Å²) in [6.07, 6.45) is 8.44. The minimum absolute atomic E-state index is 0.122. The van der Waals surface area contributed by atoms with Crippen molar-refractivity contribution in [1.82, 2.24) is 19.7 Å². The summed E-state index contributed by atoms with van der Waals surface area (Å²) in [4.78, 5) is 19.6. The summed E-state index contributed by atoms with van der Waals surface area (Å²) in [6, 6.07) is 2.16. The van der Waals surface area contributed by atoms with Crippen LogP contribution in [-0.4, -0.2) is 38.2 Å². The summed E-state index contributed by atoms with van der Waals surface area (Å²) in [5.74, 6) is 0.122. The number of nitrogens with zero attached hydrogens (tertiary/aromatic N) is 4.